The molecular weight excluding hydrogens is 414 g/mol. The highest BCUT2D eigenvalue weighted by Gasteiger charge is 2.16. The third kappa shape index (κ3) is 5.85. The van der Waals surface area contributed by atoms with Crippen LogP contribution in [0.5, 0.6) is 5.75 Å². The van der Waals surface area contributed by atoms with E-state index >= 15 is 0 Å². The maximum atomic E-state index is 12.4. The topological polar surface area (TPSA) is 90.7 Å². The van der Waals surface area contributed by atoms with Gasteiger partial charge in [-0.1, -0.05) is 25.3 Å². The molecule has 4 rings (SSSR count). The summed E-state index contributed by atoms with van der Waals surface area (Å²) in [5.74, 6) is 3.25. The van der Waals surface area contributed by atoms with Crippen LogP contribution in [-0.2, 0) is 4.79 Å². The van der Waals surface area contributed by atoms with Crippen molar-refractivity contribution < 1.29 is 9.90 Å². The van der Waals surface area contributed by atoms with Crippen LogP contribution in [-0.4, -0.2) is 51.2 Å². The van der Waals surface area contributed by atoms with Gasteiger partial charge in [0.2, 0.25) is 5.91 Å². The van der Waals surface area contributed by atoms with Gasteiger partial charge in [0.25, 0.3) is 0 Å². The number of aromatic nitrogens is 2. The van der Waals surface area contributed by atoms with Crippen molar-refractivity contribution in [3.8, 4) is 18.1 Å². The molecule has 0 saturated carbocycles. The highest BCUT2D eigenvalue weighted by atomic mass is 16.3. The lowest BCUT2D eigenvalue weighted by molar-refractivity contribution is -0.111. The second-order valence-electron chi connectivity index (χ2n) is 8.77. The minimum atomic E-state index is -0.297. The molecule has 0 spiro atoms. The Morgan fingerprint density at radius 3 is 2.91 bits per heavy atom. The predicted molar refractivity (Wildman–Crippen MR) is 132 cm³/mol. The summed E-state index contributed by atoms with van der Waals surface area (Å²) in [6, 6.07) is 3.18. The van der Waals surface area contributed by atoms with Gasteiger partial charge >= 0.3 is 0 Å². The fourth-order valence-electron chi connectivity index (χ4n) is 4.33. The Hall–Kier alpha value is -3.50. The third-order valence-corrected chi connectivity index (χ3v) is 5.97. The molecule has 1 aliphatic carbocycles. The number of fused-ring (bicyclic) bond motifs is 1. The monoisotopic (exact) mass is 443 g/mol. The Kier molecular flexibility index (Phi) is 7.16. The van der Waals surface area contributed by atoms with Gasteiger partial charge in [-0.25, -0.2) is 15.0 Å². The minimum Gasteiger partial charge on any atom is -0.506 e. The molecular formula is C26H29N5O2. The van der Waals surface area contributed by atoms with Gasteiger partial charge in [-0.2, -0.15) is 0 Å². The predicted octanol–water partition coefficient (Wildman–Crippen LogP) is 4.38. The van der Waals surface area contributed by atoms with Crippen molar-refractivity contribution in [2.75, 3.05) is 25.0 Å². The van der Waals surface area contributed by atoms with Gasteiger partial charge in [-0.15, -0.1) is 6.42 Å². The molecule has 1 atom stereocenters. The number of amides is 1. The van der Waals surface area contributed by atoms with Gasteiger partial charge in [-0.05, 0) is 56.8 Å². The molecule has 2 heterocycles. The van der Waals surface area contributed by atoms with Crippen LogP contribution >= 0.6 is 0 Å². The lowest BCUT2D eigenvalue weighted by Crippen LogP contribution is -2.29. The number of carbonyl (C=O) groups excluding carboxylic acids is 1. The van der Waals surface area contributed by atoms with E-state index in [1.54, 1.807) is 6.07 Å². The van der Waals surface area contributed by atoms with Gasteiger partial charge in [0.15, 0.2) is 5.82 Å². The standard InChI is InChI=1S/C26H29N5O2/c1-3-19-12-18(2)13-20(14-19)29-26-21-15-23(24(32)16-22(21)27-17-28-26)30-25(33)8-7-11-31-9-5-4-6-10-31/h1,7-8,14-18,32H,4-6,9-13H2,2H3,(H,30,33). The van der Waals surface area contributed by atoms with Crippen LogP contribution in [0.1, 0.15) is 39.0 Å². The number of hydrogen-bond donors (Lipinski definition) is 2. The number of nitrogens with zero attached hydrogens (tertiary/aromatic N) is 4. The number of phenols is 1. The zero-order valence-corrected chi connectivity index (χ0v) is 18.9. The van der Waals surface area contributed by atoms with Crippen LogP contribution in [0.15, 0.2) is 47.3 Å². The number of terminal acetylenes is 1. The molecule has 7 heteroatoms. The Bertz CT molecular complexity index is 1170. The summed E-state index contributed by atoms with van der Waals surface area (Å²) in [4.78, 5) is 28.1. The fourth-order valence-corrected chi connectivity index (χ4v) is 4.33. The molecule has 1 aromatic heterocycles. The van der Waals surface area contributed by atoms with E-state index in [2.05, 4.69) is 33.0 Å². The highest BCUT2D eigenvalue weighted by Crippen LogP contribution is 2.33. The first-order valence-corrected chi connectivity index (χ1v) is 11.4. The van der Waals surface area contributed by atoms with Gasteiger partial charge in [-0.3, -0.25) is 9.69 Å². The molecule has 2 aliphatic rings. The minimum absolute atomic E-state index is 0.0570. The first-order chi connectivity index (χ1) is 16.0. The van der Waals surface area contributed by atoms with Crippen LogP contribution < -0.4 is 5.32 Å². The quantitative estimate of drug-likeness (QED) is 0.407. The lowest BCUT2D eigenvalue weighted by Gasteiger charge is -2.24. The van der Waals surface area contributed by atoms with Gasteiger partial charge < -0.3 is 10.4 Å². The summed E-state index contributed by atoms with van der Waals surface area (Å²) in [7, 11) is 0. The number of hydrogen-bond acceptors (Lipinski definition) is 6. The number of phenolic OH excluding ortho intramolecular Hbond substituents is 1. The maximum Gasteiger partial charge on any atom is 0.248 e. The number of piperidine rings is 1. The number of aromatic hydroxyl groups is 1. The third-order valence-electron chi connectivity index (χ3n) is 5.97. The molecule has 7 nitrogen and oxygen atoms in total. The summed E-state index contributed by atoms with van der Waals surface area (Å²) in [6.45, 7) is 5.03. The summed E-state index contributed by atoms with van der Waals surface area (Å²) in [5, 5.41) is 13.8. The van der Waals surface area contributed by atoms with E-state index in [-0.39, 0.29) is 11.7 Å². The Morgan fingerprint density at radius 1 is 1.30 bits per heavy atom. The van der Waals surface area contributed by atoms with E-state index in [4.69, 9.17) is 11.4 Å². The largest absolute Gasteiger partial charge is 0.506 e. The summed E-state index contributed by atoms with van der Waals surface area (Å²) in [6.07, 6.45) is 17.7. The van der Waals surface area contributed by atoms with Crippen molar-refractivity contribution >= 4 is 34.0 Å². The number of anilines is 1. The molecule has 1 saturated heterocycles. The van der Waals surface area contributed by atoms with Gasteiger partial charge in [0, 0.05) is 35.4 Å². The molecule has 2 aromatic rings. The molecule has 1 amide bonds. The molecule has 33 heavy (non-hydrogen) atoms. The Labute approximate surface area is 194 Å². The van der Waals surface area contributed by atoms with E-state index in [1.165, 1.54) is 37.7 Å². The normalized spacial score (nSPS) is 20.7. The van der Waals surface area contributed by atoms with Crippen LogP contribution in [0.4, 0.5) is 11.5 Å². The number of nitrogens with one attached hydrogen (secondary N) is 1. The molecule has 0 bridgehead atoms. The van der Waals surface area contributed by atoms with Crippen molar-refractivity contribution in [1.82, 2.24) is 14.9 Å². The number of rotatable bonds is 5. The van der Waals surface area contributed by atoms with E-state index in [0.29, 0.717) is 28.3 Å². The number of carbonyl (C=O) groups is 1. The fraction of sp³-hybridized carbons (Fsp3) is 0.385. The molecule has 1 aliphatic heterocycles. The SMILES string of the molecule is C#CC1=CC(=Nc2ncnc3cc(O)c(NC(=O)C=CCN4CCCCC4)cc23)CC(C)C1. The average molecular weight is 444 g/mol. The number of allylic oxidation sites excluding steroid dienone is 2. The Balaban J connectivity index is 1.55. The highest BCUT2D eigenvalue weighted by molar-refractivity contribution is 6.04. The molecule has 170 valence electrons. The second-order valence-corrected chi connectivity index (χ2v) is 8.77. The number of likely N-dealkylation sites (tertiary alicyclic amines) is 1. The van der Waals surface area contributed by atoms with E-state index in [9.17, 15) is 9.90 Å². The number of aliphatic imine (C=N–C) groups is 1. The summed E-state index contributed by atoms with van der Waals surface area (Å²) >= 11 is 0. The summed E-state index contributed by atoms with van der Waals surface area (Å²) in [5.41, 5.74) is 2.63. The van der Waals surface area contributed by atoms with Crippen LogP contribution in [0.2, 0.25) is 0 Å². The first-order valence-electron chi connectivity index (χ1n) is 11.4. The van der Waals surface area contributed by atoms with E-state index < -0.39 is 0 Å². The van der Waals surface area contributed by atoms with E-state index in [1.807, 2.05) is 12.2 Å². The molecule has 0 radical (unpaired) electrons. The van der Waals surface area contributed by atoms with Crippen LogP contribution in [0.25, 0.3) is 10.9 Å². The molecule has 1 aromatic carbocycles. The second kappa shape index (κ2) is 10.4. The molecule has 2 N–H and O–H groups in total. The summed E-state index contributed by atoms with van der Waals surface area (Å²) < 4.78 is 0. The smallest absolute Gasteiger partial charge is 0.248 e. The van der Waals surface area contributed by atoms with Crippen molar-refractivity contribution in [3.63, 3.8) is 0 Å². The zero-order valence-electron chi connectivity index (χ0n) is 18.9. The molecule has 1 fully saturated rings. The van der Waals surface area contributed by atoms with Gasteiger partial charge in [0.1, 0.15) is 12.1 Å². The lowest BCUT2D eigenvalue weighted by atomic mass is 9.89. The van der Waals surface area contributed by atoms with Crippen molar-refractivity contribution in [2.45, 2.75) is 39.0 Å². The first kappa shape index (κ1) is 22.7. The van der Waals surface area contributed by atoms with Crippen molar-refractivity contribution in [3.05, 3.63) is 42.3 Å². The zero-order chi connectivity index (χ0) is 23.2. The van der Waals surface area contributed by atoms with Crippen LogP contribution in [0.3, 0.4) is 0 Å². The maximum absolute atomic E-state index is 12.4. The average Bonchev–Trinajstić information content (AvgIpc) is 2.80. The van der Waals surface area contributed by atoms with Crippen LogP contribution in [0, 0.1) is 18.3 Å². The Morgan fingerprint density at radius 2 is 2.12 bits per heavy atom. The molecule has 1 unspecified atom stereocenters. The van der Waals surface area contributed by atoms with Crippen molar-refractivity contribution in [2.24, 2.45) is 10.9 Å². The van der Waals surface area contributed by atoms with Gasteiger partial charge in [0.05, 0.1) is 11.2 Å². The van der Waals surface area contributed by atoms with Crippen molar-refractivity contribution in [1.29, 1.82) is 0 Å². The number of benzene rings is 1. The van der Waals surface area contributed by atoms with E-state index in [0.717, 1.165) is 43.8 Å².